The standard InChI is InChI=1S/C12H23N3O4S/c1-3-4-5-9(11(17)18)14-10(16)8(6-7-20-2)15-12(13)19/h8-9H,3-7H2,1-2H3,(H,14,16)(H,17,18)(H3,13,15,19)/t8?,9-/m0/s1. The molecule has 0 saturated heterocycles. The molecule has 0 radical (unpaired) electrons. The van der Waals surface area contributed by atoms with Gasteiger partial charge in [-0.25, -0.2) is 9.59 Å². The first-order valence-electron chi connectivity index (χ1n) is 6.50. The third-order valence-electron chi connectivity index (χ3n) is 2.70. The van der Waals surface area contributed by atoms with Crippen molar-refractivity contribution in [3.05, 3.63) is 0 Å². The van der Waals surface area contributed by atoms with E-state index >= 15 is 0 Å². The number of rotatable bonds is 10. The second-order valence-corrected chi connectivity index (χ2v) is 5.37. The lowest BCUT2D eigenvalue weighted by atomic mass is 10.1. The maximum Gasteiger partial charge on any atom is 0.326 e. The van der Waals surface area contributed by atoms with Gasteiger partial charge in [0.1, 0.15) is 12.1 Å². The van der Waals surface area contributed by atoms with E-state index in [4.69, 9.17) is 10.8 Å². The molecule has 116 valence electrons. The molecule has 0 heterocycles. The molecule has 0 aliphatic carbocycles. The zero-order chi connectivity index (χ0) is 15.5. The van der Waals surface area contributed by atoms with Crippen molar-refractivity contribution in [2.24, 2.45) is 5.73 Å². The minimum atomic E-state index is -1.07. The van der Waals surface area contributed by atoms with Crippen LogP contribution in [0.3, 0.4) is 0 Å². The summed E-state index contributed by atoms with van der Waals surface area (Å²) in [6, 6.07) is -2.54. The first-order chi connectivity index (χ1) is 9.42. The van der Waals surface area contributed by atoms with Crippen molar-refractivity contribution in [1.82, 2.24) is 10.6 Å². The quantitative estimate of drug-likeness (QED) is 0.469. The highest BCUT2D eigenvalue weighted by molar-refractivity contribution is 7.98. The number of carbonyl (C=O) groups is 3. The molecule has 20 heavy (non-hydrogen) atoms. The number of amides is 3. The summed E-state index contributed by atoms with van der Waals surface area (Å²) >= 11 is 1.53. The van der Waals surface area contributed by atoms with E-state index in [2.05, 4.69) is 10.6 Å². The van der Waals surface area contributed by atoms with Crippen LogP contribution in [0.15, 0.2) is 0 Å². The second-order valence-electron chi connectivity index (χ2n) is 4.38. The maximum atomic E-state index is 12.0. The number of nitrogens with two attached hydrogens (primary N) is 1. The van der Waals surface area contributed by atoms with Crippen LogP contribution in [0.25, 0.3) is 0 Å². The van der Waals surface area contributed by atoms with Crippen molar-refractivity contribution in [3.63, 3.8) is 0 Å². The van der Waals surface area contributed by atoms with Crippen LogP contribution in [0.2, 0.25) is 0 Å². The predicted octanol–water partition coefficient (Wildman–Crippen LogP) is 0.536. The Balaban J connectivity index is 4.59. The van der Waals surface area contributed by atoms with Crippen molar-refractivity contribution in [3.8, 4) is 0 Å². The zero-order valence-electron chi connectivity index (χ0n) is 11.8. The predicted molar refractivity (Wildman–Crippen MR) is 78.6 cm³/mol. The summed E-state index contributed by atoms with van der Waals surface area (Å²) < 4.78 is 0. The number of carbonyl (C=O) groups excluding carboxylic acids is 2. The van der Waals surface area contributed by atoms with Crippen molar-refractivity contribution in [2.45, 2.75) is 44.7 Å². The smallest absolute Gasteiger partial charge is 0.326 e. The average Bonchev–Trinajstić information content (AvgIpc) is 2.38. The number of aliphatic carboxylic acids is 1. The minimum Gasteiger partial charge on any atom is -0.480 e. The lowest BCUT2D eigenvalue weighted by Crippen LogP contribution is -2.52. The van der Waals surface area contributed by atoms with Gasteiger partial charge in [0.2, 0.25) is 5.91 Å². The molecule has 0 fully saturated rings. The SMILES string of the molecule is CCCC[C@H](NC(=O)C(CCSC)NC(N)=O)C(=O)O. The highest BCUT2D eigenvalue weighted by Gasteiger charge is 2.25. The van der Waals surface area contributed by atoms with Gasteiger partial charge in [-0.1, -0.05) is 19.8 Å². The summed E-state index contributed by atoms with van der Waals surface area (Å²) in [5.41, 5.74) is 5.02. The monoisotopic (exact) mass is 305 g/mol. The van der Waals surface area contributed by atoms with Gasteiger partial charge in [-0.3, -0.25) is 4.79 Å². The fourth-order valence-corrected chi connectivity index (χ4v) is 2.09. The van der Waals surface area contributed by atoms with Crippen molar-refractivity contribution in [1.29, 1.82) is 0 Å². The van der Waals surface area contributed by atoms with E-state index in [1.807, 2.05) is 13.2 Å². The summed E-state index contributed by atoms with van der Waals surface area (Å²) in [5, 5.41) is 13.8. The number of carboxylic acid groups (broad SMARTS) is 1. The molecule has 0 aliphatic heterocycles. The summed E-state index contributed by atoms with van der Waals surface area (Å²) in [5.74, 6) is -0.929. The van der Waals surface area contributed by atoms with Gasteiger partial charge in [0.05, 0.1) is 0 Å². The highest BCUT2D eigenvalue weighted by atomic mass is 32.2. The Labute approximate surface area is 123 Å². The molecule has 0 aliphatic rings. The summed E-state index contributed by atoms with van der Waals surface area (Å²) in [4.78, 5) is 34.0. The van der Waals surface area contributed by atoms with Crippen LogP contribution in [-0.2, 0) is 9.59 Å². The molecule has 0 aromatic carbocycles. The largest absolute Gasteiger partial charge is 0.480 e. The van der Waals surface area contributed by atoms with Gasteiger partial charge in [-0.2, -0.15) is 11.8 Å². The van der Waals surface area contributed by atoms with E-state index in [9.17, 15) is 14.4 Å². The van der Waals surface area contributed by atoms with Gasteiger partial charge >= 0.3 is 12.0 Å². The second kappa shape index (κ2) is 10.4. The molecule has 7 nitrogen and oxygen atoms in total. The van der Waals surface area contributed by atoms with Gasteiger partial charge in [0.15, 0.2) is 0 Å². The number of unbranched alkanes of at least 4 members (excludes halogenated alkanes) is 1. The third-order valence-corrected chi connectivity index (χ3v) is 3.35. The molecule has 0 rings (SSSR count). The van der Waals surface area contributed by atoms with Crippen LogP contribution in [0.1, 0.15) is 32.6 Å². The number of urea groups is 1. The lowest BCUT2D eigenvalue weighted by Gasteiger charge is -2.20. The maximum absolute atomic E-state index is 12.0. The van der Waals surface area contributed by atoms with Gasteiger partial charge < -0.3 is 21.5 Å². The molecule has 0 saturated carbocycles. The zero-order valence-corrected chi connectivity index (χ0v) is 12.7. The van der Waals surface area contributed by atoms with E-state index in [1.165, 1.54) is 11.8 Å². The molecule has 2 atom stereocenters. The van der Waals surface area contributed by atoms with Crippen LogP contribution in [-0.4, -0.2) is 47.1 Å². The molecule has 0 spiro atoms. The van der Waals surface area contributed by atoms with Crippen LogP contribution in [0.5, 0.6) is 0 Å². The van der Waals surface area contributed by atoms with E-state index in [1.54, 1.807) is 0 Å². The normalized spacial score (nSPS) is 13.3. The molecule has 3 amide bonds. The van der Waals surface area contributed by atoms with Gasteiger partial charge in [-0.05, 0) is 24.9 Å². The Morgan fingerprint density at radius 3 is 2.30 bits per heavy atom. The molecule has 8 heteroatoms. The number of thioether (sulfide) groups is 1. The van der Waals surface area contributed by atoms with Crippen LogP contribution < -0.4 is 16.4 Å². The van der Waals surface area contributed by atoms with E-state index in [0.29, 0.717) is 25.0 Å². The number of hydrogen-bond acceptors (Lipinski definition) is 4. The molecular formula is C12H23N3O4S. The summed E-state index contributed by atoms with van der Waals surface area (Å²) in [7, 11) is 0. The number of primary amides is 1. The van der Waals surface area contributed by atoms with Crippen LogP contribution >= 0.6 is 11.8 Å². The Bertz CT molecular complexity index is 339. The van der Waals surface area contributed by atoms with Crippen molar-refractivity contribution in [2.75, 3.05) is 12.0 Å². The molecule has 0 aromatic heterocycles. The van der Waals surface area contributed by atoms with Crippen molar-refractivity contribution < 1.29 is 19.5 Å². The van der Waals surface area contributed by atoms with Crippen molar-refractivity contribution >= 4 is 29.7 Å². The Morgan fingerprint density at radius 2 is 1.85 bits per heavy atom. The highest BCUT2D eigenvalue weighted by Crippen LogP contribution is 2.04. The van der Waals surface area contributed by atoms with Crippen LogP contribution in [0.4, 0.5) is 4.79 Å². The topological polar surface area (TPSA) is 122 Å². The summed E-state index contributed by atoms with van der Waals surface area (Å²) in [6.07, 6.45) is 4.19. The number of carboxylic acids is 1. The van der Waals surface area contributed by atoms with Gasteiger partial charge in [0.25, 0.3) is 0 Å². The van der Waals surface area contributed by atoms with Gasteiger partial charge in [0, 0.05) is 0 Å². The fourth-order valence-electron chi connectivity index (χ4n) is 1.61. The Morgan fingerprint density at radius 1 is 1.20 bits per heavy atom. The average molecular weight is 305 g/mol. The minimum absolute atomic E-state index is 0.364. The van der Waals surface area contributed by atoms with E-state index in [0.717, 1.165) is 6.42 Å². The van der Waals surface area contributed by atoms with Crippen LogP contribution in [0, 0.1) is 0 Å². The first kappa shape index (κ1) is 18.6. The van der Waals surface area contributed by atoms with Gasteiger partial charge in [-0.15, -0.1) is 0 Å². The molecule has 0 aromatic rings. The Kier molecular flexibility index (Phi) is 9.61. The Hall–Kier alpha value is -1.44. The third kappa shape index (κ3) is 7.88. The first-order valence-corrected chi connectivity index (χ1v) is 7.89. The number of nitrogens with one attached hydrogen (secondary N) is 2. The van der Waals surface area contributed by atoms with E-state index < -0.39 is 30.0 Å². The number of hydrogen-bond donors (Lipinski definition) is 4. The summed E-state index contributed by atoms with van der Waals surface area (Å²) in [6.45, 7) is 1.94. The molecular weight excluding hydrogens is 282 g/mol. The molecule has 0 bridgehead atoms. The lowest BCUT2D eigenvalue weighted by molar-refractivity contribution is -0.142. The fraction of sp³-hybridized carbons (Fsp3) is 0.750. The molecule has 5 N–H and O–H groups in total. The molecule has 1 unspecified atom stereocenters. The van der Waals surface area contributed by atoms with E-state index in [-0.39, 0.29) is 0 Å².